The molecular formula is C25H17FN4O3. The number of benzene rings is 2. The number of pyridine rings is 1. The molecule has 0 radical (unpaired) electrons. The number of hydrogen-bond donors (Lipinski definition) is 1. The lowest BCUT2D eigenvalue weighted by atomic mass is 10.1. The van der Waals surface area contributed by atoms with Crippen LogP contribution in [0, 0.1) is 24.1 Å². The van der Waals surface area contributed by atoms with Gasteiger partial charge in [-0.3, -0.25) is 14.0 Å². The van der Waals surface area contributed by atoms with Crippen LogP contribution in [0.25, 0.3) is 11.7 Å². The Balaban J connectivity index is 1.81. The Hall–Kier alpha value is -4.77. The summed E-state index contributed by atoms with van der Waals surface area (Å²) in [5, 5.41) is 12.1. The average Bonchev–Trinajstić information content (AvgIpc) is 2.82. The molecule has 162 valence electrons. The molecule has 2 aromatic heterocycles. The molecule has 1 N–H and O–H groups in total. The first-order chi connectivity index (χ1) is 16.0. The fourth-order valence-electron chi connectivity index (χ4n) is 3.08. The number of carbonyl (C=O) groups excluding carboxylic acids is 1. The maximum Gasteiger partial charge on any atom is 0.269 e. The Morgan fingerprint density at radius 1 is 1.12 bits per heavy atom. The predicted octanol–water partition coefficient (Wildman–Crippen LogP) is 4.48. The summed E-state index contributed by atoms with van der Waals surface area (Å²) in [6, 6.07) is 19.1. The number of halogens is 1. The topological polar surface area (TPSA) is 96.5 Å². The Kier molecular flexibility index (Phi) is 5.96. The van der Waals surface area contributed by atoms with Gasteiger partial charge in [-0.05, 0) is 61.0 Å². The maximum absolute atomic E-state index is 13.2. The molecule has 0 aliphatic rings. The summed E-state index contributed by atoms with van der Waals surface area (Å²) in [7, 11) is 0. The van der Waals surface area contributed by atoms with Crippen LogP contribution in [-0.2, 0) is 4.79 Å². The van der Waals surface area contributed by atoms with Crippen molar-refractivity contribution in [3.8, 4) is 17.7 Å². The van der Waals surface area contributed by atoms with Crippen LogP contribution < -0.4 is 15.6 Å². The van der Waals surface area contributed by atoms with Gasteiger partial charge in [0, 0.05) is 11.9 Å². The summed E-state index contributed by atoms with van der Waals surface area (Å²) < 4.78 is 20.4. The van der Waals surface area contributed by atoms with Gasteiger partial charge in [-0.25, -0.2) is 4.39 Å². The number of fused-ring (bicyclic) bond motifs is 1. The molecule has 0 fully saturated rings. The van der Waals surface area contributed by atoms with Gasteiger partial charge >= 0.3 is 0 Å². The summed E-state index contributed by atoms with van der Waals surface area (Å²) >= 11 is 0. The minimum Gasteiger partial charge on any atom is -0.438 e. The van der Waals surface area contributed by atoms with Gasteiger partial charge in [0.05, 0.1) is 0 Å². The van der Waals surface area contributed by atoms with E-state index in [0.717, 1.165) is 11.6 Å². The molecule has 4 aromatic rings. The number of nitrogens with one attached hydrogen (secondary N) is 1. The van der Waals surface area contributed by atoms with E-state index in [2.05, 4.69) is 10.3 Å². The minimum absolute atomic E-state index is 0.0390. The standard InChI is InChI=1S/C25H17FN4O3/c1-16-6-2-3-7-21(16)33-24-20(25(32)30-13-5-4-8-22(30)29-24)14-17(15-27)23(31)28-19-11-9-18(26)10-12-19/h2-14H,1H3,(H,28,31)/b17-14-. The van der Waals surface area contributed by atoms with Crippen molar-refractivity contribution in [2.45, 2.75) is 6.92 Å². The molecule has 0 saturated heterocycles. The largest absolute Gasteiger partial charge is 0.438 e. The highest BCUT2D eigenvalue weighted by atomic mass is 19.1. The second kappa shape index (κ2) is 9.16. The maximum atomic E-state index is 13.2. The summed E-state index contributed by atoms with van der Waals surface area (Å²) in [6.45, 7) is 1.84. The molecule has 33 heavy (non-hydrogen) atoms. The number of rotatable bonds is 5. The molecule has 0 aliphatic heterocycles. The number of nitrogens with zero attached hydrogens (tertiary/aromatic N) is 3. The summed E-state index contributed by atoms with van der Waals surface area (Å²) in [4.78, 5) is 30.3. The lowest BCUT2D eigenvalue weighted by Gasteiger charge is -2.12. The lowest BCUT2D eigenvalue weighted by Crippen LogP contribution is -2.20. The number of aromatic nitrogens is 2. The zero-order chi connectivity index (χ0) is 23.4. The third kappa shape index (κ3) is 4.62. The summed E-state index contributed by atoms with van der Waals surface area (Å²) in [5.74, 6) is -0.780. The van der Waals surface area contributed by atoms with Gasteiger partial charge in [-0.1, -0.05) is 24.3 Å². The van der Waals surface area contributed by atoms with E-state index in [-0.39, 0.29) is 17.0 Å². The third-order valence-corrected chi connectivity index (χ3v) is 4.79. The molecule has 0 bridgehead atoms. The quantitative estimate of drug-likeness (QED) is 0.365. The molecule has 1 amide bonds. The number of carbonyl (C=O) groups is 1. The zero-order valence-electron chi connectivity index (χ0n) is 17.4. The van der Waals surface area contributed by atoms with Gasteiger partial charge in [0.15, 0.2) is 0 Å². The molecule has 4 rings (SSSR count). The number of para-hydroxylation sites is 1. The smallest absolute Gasteiger partial charge is 0.269 e. The molecule has 7 nitrogen and oxygen atoms in total. The van der Waals surface area contributed by atoms with Crippen LogP contribution in [0.2, 0.25) is 0 Å². The second-order valence-corrected chi connectivity index (χ2v) is 7.06. The Labute approximate surface area is 188 Å². The van der Waals surface area contributed by atoms with Gasteiger partial charge in [-0.2, -0.15) is 10.2 Å². The normalized spacial score (nSPS) is 11.1. The van der Waals surface area contributed by atoms with Crippen molar-refractivity contribution >= 4 is 23.3 Å². The van der Waals surface area contributed by atoms with Crippen LogP contribution in [0.15, 0.2) is 83.3 Å². The second-order valence-electron chi connectivity index (χ2n) is 7.06. The van der Waals surface area contributed by atoms with Crippen LogP contribution in [0.4, 0.5) is 10.1 Å². The van der Waals surface area contributed by atoms with E-state index in [4.69, 9.17) is 4.74 Å². The van der Waals surface area contributed by atoms with Gasteiger partial charge in [-0.15, -0.1) is 0 Å². The first kappa shape index (κ1) is 21.5. The number of amides is 1. The van der Waals surface area contributed by atoms with Gasteiger partial charge < -0.3 is 10.1 Å². The molecule has 0 unspecified atom stereocenters. The Morgan fingerprint density at radius 2 is 1.85 bits per heavy atom. The minimum atomic E-state index is -0.761. The first-order valence-electron chi connectivity index (χ1n) is 9.90. The van der Waals surface area contributed by atoms with E-state index in [9.17, 15) is 19.2 Å². The highest BCUT2D eigenvalue weighted by molar-refractivity contribution is 6.09. The molecule has 8 heteroatoms. The average molecular weight is 440 g/mol. The molecular weight excluding hydrogens is 423 g/mol. The fourth-order valence-corrected chi connectivity index (χ4v) is 3.08. The third-order valence-electron chi connectivity index (χ3n) is 4.79. The van der Waals surface area contributed by atoms with E-state index < -0.39 is 17.3 Å². The molecule has 0 atom stereocenters. The number of hydrogen-bond acceptors (Lipinski definition) is 5. The number of nitriles is 1. The van der Waals surface area contributed by atoms with Crippen molar-refractivity contribution in [2.75, 3.05) is 5.32 Å². The highest BCUT2D eigenvalue weighted by Gasteiger charge is 2.18. The van der Waals surface area contributed by atoms with E-state index in [1.807, 2.05) is 19.1 Å². The lowest BCUT2D eigenvalue weighted by molar-refractivity contribution is -0.112. The van der Waals surface area contributed by atoms with Crippen molar-refractivity contribution in [1.29, 1.82) is 5.26 Å². The van der Waals surface area contributed by atoms with E-state index in [1.54, 1.807) is 36.4 Å². The van der Waals surface area contributed by atoms with Gasteiger partial charge in [0.2, 0.25) is 5.88 Å². The SMILES string of the molecule is Cc1ccccc1Oc1nc2ccccn2c(=O)c1/C=C(/C#N)C(=O)Nc1ccc(F)cc1. The van der Waals surface area contributed by atoms with E-state index in [0.29, 0.717) is 17.1 Å². The van der Waals surface area contributed by atoms with Crippen molar-refractivity contribution < 1.29 is 13.9 Å². The van der Waals surface area contributed by atoms with Gasteiger partial charge in [0.25, 0.3) is 11.5 Å². The monoisotopic (exact) mass is 440 g/mol. The molecule has 0 spiro atoms. The van der Waals surface area contributed by atoms with Crippen LogP contribution in [0.5, 0.6) is 11.6 Å². The predicted molar refractivity (Wildman–Crippen MR) is 121 cm³/mol. The molecule has 2 heterocycles. The molecule has 2 aromatic carbocycles. The van der Waals surface area contributed by atoms with Crippen molar-refractivity contribution in [2.24, 2.45) is 0 Å². The summed E-state index contributed by atoms with van der Waals surface area (Å²) in [5.41, 5.74) is 0.546. The highest BCUT2D eigenvalue weighted by Crippen LogP contribution is 2.26. The van der Waals surface area contributed by atoms with Crippen LogP contribution in [-0.4, -0.2) is 15.3 Å². The number of aryl methyl sites for hydroxylation is 1. The fraction of sp³-hybridized carbons (Fsp3) is 0.0400. The van der Waals surface area contributed by atoms with Crippen molar-refractivity contribution in [3.63, 3.8) is 0 Å². The van der Waals surface area contributed by atoms with Crippen LogP contribution >= 0.6 is 0 Å². The first-order valence-corrected chi connectivity index (χ1v) is 9.90. The Bertz CT molecular complexity index is 1480. The summed E-state index contributed by atoms with van der Waals surface area (Å²) in [6.07, 6.45) is 2.67. The van der Waals surface area contributed by atoms with Crippen molar-refractivity contribution in [3.05, 3.63) is 106 Å². The molecule has 0 saturated carbocycles. The van der Waals surface area contributed by atoms with Crippen molar-refractivity contribution in [1.82, 2.24) is 9.38 Å². The van der Waals surface area contributed by atoms with Gasteiger partial charge in [0.1, 0.15) is 34.4 Å². The zero-order valence-corrected chi connectivity index (χ0v) is 17.4. The van der Waals surface area contributed by atoms with Crippen LogP contribution in [0.3, 0.4) is 0 Å². The Morgan fingerprint density at radius 3 is 2.58 bits per heavy atom. The number of ether oxygens (including phenoxy) is 1. The molecule has 0 aliphatic carbocycles. The van der Waals surface area contributed by atoms with E-state index >= 15 is 0 Å². The van der Waals surface area contributed by atoms with E-state index in [1.165, 1.54) is 34.9 Å². The number of anilines is 1. The van der Waals surface area contributed by atoms with Crippen LogP contribution in [0.1, 0.15) is 11.1 Å².